The van der Waals surface area contributed by atoms with Crippen LogP contribution >= 0.6 is 0 Å². The molecule has 1 saturated heterocycles. The molecule has 1 aromatic carbocycles. The van der Waals surface area contributed by atoms with Gasteiger partial charge in [-0.05, 0) is 52.3 Å². The fourth-order valence-electron chi connectivity index (χ4n) is 3.12. The van der Waals surface area contributed by atoms with Gasteiger partial charge in [0.25, 0.3) is 0 Å². The van der Waals surface area contributed by atoms with E-state index >= 15 is 0 Å². The molecule has 0 aliphatic carbocycles. The fourth-order valence-corrected chi connectivity index (χ4v) is 3.12. The van der Waals surface area contributed by atoms with Crippen LogP contribution in [0.2, 0.25) is 0 Å². The van der Waals surface area contributed by atoms with Crippen LogP contribution in [0, 0.1) is 0 Å². The summed E-state index contributed by atoms with van der Waals surface area (Å²) in [6.45, 7) is 8.45. The van der Waals surface area contributed by atoms with Crippen molar-refractivity contribution in [1.29, 1.82) is 0 Å². The summed E-state index contributed by atoms with van der Waals surface area (Å²) in [6, 6.07) is 5.71. The van der Waals surface area contributed by atoms with Gasteiger partial charge in [-0.3, -0.25) is 9.63 Å². The average Bonchev–Trinajstić information content (AvgIpc) is 2.98. The molecule has 170 valence electrons. The second-order valence-electron chi connectivity index (χ2n) is 8.21. The van der Waals surface area contributed by atoms with Crippen LogP contribution < -0.4 is 4.74 Å². The number of rotatable bonds is 7. The van der Waals surface area contributed by atoms with Crippen molar-refractivity contribution >= 4 is 17.9 Å². The van der Waals surface area contributed by atoms with Crippen molar-refractivity contribution in [3.8, 4) is 5.75 Å². The standard InChI is InChI=1S/C22H29NO8/c1-14(15-8-10-16(27-6)11-9-15)29-19(25)17-18(20(26)28-7)30-22(5,12-13-24)23(17)31-21(2,3)4/h8-12,14,17-18H,1-7H3/t14?,17-,18+,22?/m0/s1. The number of ether oxygens (including phenoxy) is 4. The van der Waals surface area contributed by atoms with Gasteiger partial charge in [0.1, 0.15) is 17.8 Å². The molecule has 1 fully saturated rings. The molecule has 1 aromatic rings. The lowest BCUT2D eigenvalue weighted by molar-refractivity contribution is -0.293. The maximum atomic E-state index is 13.2. The molecule has 0 radical (unpaired) electrons. The second kappa shape index (κ2) is 9.62. The van der Waals surface area contributed by atoms with Crippen LogP contribution in [0.15, 0.2) is 30.3 Å². The van der Waals surface area contributed by atoms with E-state index in [1.807, 2.05) is 0 Å². The molecule has 0 spiro atoms. The zero-order valence-corrected chi connectivity index (χ0v) is 18.8. The minimum absolute atomic E-state index is 0.637. The average molecular weight is 435 g/mol. The highest BCUT2D eigenvalue weighted by Gasteiger charge is 2.59. The summed E-state index contributed by atoms with van der Waals surface area (Å²) in [6.07, 6.45) is -0.978. The quantitative estimate of drug-likeness (QED) is 0.472. The third-order valence-corrected chi connectivity index (χ3v) is 4.59. The molecule has 1 aliphatic heterocycles. The molecule has 0 N–H and O–H groups in total. The van der Waals surface area contributed by atoms with Crippen molar-refractivity contribution in [3.63, 3.8) is 0 Å². The maximum Gasteiger partial charge on any atom is 0.337 e. The highest BCUT2D eigenvalue weighted by molar-refractivity contribution is 5.87. The largest absolute Gasteiger partial charge is 0.497 e. The number of nitrogens with zero attached hydrogens (tertiary/aromatic N) is 1. The summed E-state index contributed by atoms with van der Waals surface area (Å²) in [4.78, 5) is 42.6. The molecule has 31 heavy (non-hydrogen) atoms. The van der Waals surface area contributed by atoms with Crippen LogP contribution in [0.1, 0.15) is 46.3 Å². The van der Waals surface area contributed by atoms with Gasteiger partial charge in [0.2, 0.25) is 0 Å². The summed E-state index contributed by atoms with van der Waals surface area (Å²) in [5.41, 5.74) is -1.59. The lowest BCUT2D eigenvalue weighted by Gasteiger charge is -2.36. The van der Waals surface area contributed by atoms with E-state index in [1.54, 1.807) is 65.0 Å². The first kappa shape index (κ1) is 24.6. The number of hydrogen-bond donors (Lipinski definition) is 0. The van der Waals surface area contributed by atoms with Gasteiger partial charge in [-0.2, -0.15) is 0 Å². The van der Waals surface area contributed by atoms with Gasteiger partial charge in [0.15, 0.2) is 17.9 Å². The van der Waals surface area contributed by atoms with Crippen LogP contribution in [0.5, 0.6) is 5.75 Å². The zero-order chi connectivity index (χ0) is 23.4. The molecule has 2 unspecified atom stereocenters. The van der Waals surface area contributed by atoms with E-state index in [1.165, 1.54) is 14.0 Å². The summed E-state index contributed by atoms with van der Waals surface area (Å²) < 4.78 is 21.3. The molecule has 0 bridgehead atoms. The van der Waals surface area contributed by atoms with Gasteiger partial charge in [0.05, 0.1) is 19.8 Å². The molecule has 0 aromatic heterocycles. The van der Waals surface area contributed by atoms with Crippen molar-refractivity contribution in [2.75, 3.05) is 14.2 Å². The molecule has 9 heteroatoms. The molecule has 1 heterocycles. The van der Waals surface area contributed by atoms with Crippen molar-refractivity contribution in [2.24, 2.45) is 0 Å². The van der Waals surface area contributed by atoms with Crippen molar-refractivity contribution in [2.45, 2.75) is 64.2 Å². The van der Waals surface area contributed by atoms with Crippen LogP contribution in [-0.4, -0.2) is 60.6 Å². The Kier molecular flexibility index (Phi) is 7.62. The van der Waals surface area contributed by atoms with Gasteiger partial charge >= 0.3 is 11.9 Å². The third-order valence-electron chi connectivity index (χ3n) is 4.59. The Morgan fingerprint density at radius 2 is 1.81 bits per heavy atom. The molecular formula is C22H29NO8. The van der Waals surface area contributed by atoms with E-state index in [0.717, 1.165) is 16.7 Å². The Bertz CT molecular complexity index is 840. The lowest BCUT2D eigenvalue weighted by atomic mass is 10.1. The van der Waals surface area contributed by atoms with Crippen molar-refractivity contribution in [3.05, 3.63) is 35.9 Å². The molecule has 4 atom stereocenters. The van der Waals surface area contributed by atoms with Gasteiger partial charge in [-0.1, -0.05) is 12.1 Å². The normalized spacial score (nSPS) is 24.7. The van der Waals surface area contributed by atoms with E-state index in [0.29, 0.717) is 5.75 Å². The van der Waals surface area contributed by atoms with Gasteiger partial charge in [-0.25, -0.2) is 9.59 Å². The number of esters is 2. The molecule has 1 aliphatic rings. The Balaban J connectivity index is 2.38. The van der Waals surface area contributed by atoms with E-state index in [9.17, 15) is 14.4 Å². The topological polar surface area (TPSA) is 101 Å². The van der Waals surface area contributed by atoms with Crippen LogP contribution in [0.25, 0.3) is 0 Å². The highest BCUT2D eigenvalue weighted by Crippen LogP contribution is 2.37. The lowest BCUT2D eigenvalue weighted by Crippen LogP contribution is -2.53. The smallest absolute Gasteiger partial charge is 0.337 e. The van der Waals surface area contributed by atoms with E-state index < -0.39 is 41.5 Å². The number of methoxy groups -OCH3 is 2. The number of hydroxylamine groups is 2. The first-order valence-electron chi connectivity index (χ1n) is 9.76. The number of benzene rings is 1. The first-order chi connectivity index (χ1) is 14.5. The number of carbonyl (C=O) groups is 2. The highest BCUT2D eigenvalue weighted by atomic mass is 16.8. The van der Waals surface area contributed by atoms with Crippen LogP contribution in [0.4, 0.5) is 0 Å². The summed E-state index contributed by atoms with van der Waals surface area (Å²) in [5, 5.41) is 1.16. The van der Waals surface area contributed by atoms with E-state index in [4.69, 9.17) is 23.8 Å². The molecular weight excluding hydrogens is 406 g/mol. The summed E-state index contributed by atoms with van der Waals surface area (Å²) in [5.74, 6) is 0.734. The Hall–Kier alpha value is -2.71. The number of carbonyl (C=O) groups excluding carboxylic acids is 3. The van der Waals surface area contributed by atoms with E-state index in [-0.39, 0.29) is 0 Å². The van der Waals surface area contributed by atoms with Crippen LogP contribution in [0.3, 0.4) is 0 Å². The fraction of sp³-hybridized carbons (Fsp3) is 0.545. The van der Waals surface area contributed by atoms with Gasteiger partial charge in [0, 0.05) is 6.08 Å². The second-order valence-corrected chi connectivity index (χ2v) is 8.21. The first-order valence-corrected chi connectivity index (χ1v) is 9.76. The predicted octanol–water partition coefficient (Wildman–Crippen LogP) is 2.38. The minimum Gasteiger partial charge on any atom is -0.497 e. The molecule has 0 saturated carbocycles. The molecule has 2 rings (SSSR count). The van der Waals surface area contributed by atoms with Crippen molar-refractivity contribution < 1.29 is 38.2 Å². The Labute approximate surface area is 181 Å². The van der Waals surface area contributed by atoms with Gasteiger partial charge < -0.3 is 18.9 Å². The molecule has 9 nitrogen and oxygen atoms in total. The Morgan fingerprint density at radius 1 is 1.19 bits per heavy atom. The Morgan fingerprint density at radius 3 is 2.29 bits per heavy atom. The molecule has 0 amide bonds. The monoisotopic (exact) mass is 435 g/mol. The number of hydrogen-bond acceptors (Lipinski definition) is 9. The SMILES string of the molecule is COC(=O)[C@@H]1OC(C)(C=C=O)N(OC(C)(C)C)[C@@H]1C(=O)OC(C)c1ccc(OC)cc1. The predicted molar refractivity (Wildman–Crippen MR) is 110 cm³/mol. The summed E-state index contributed by atoms with van der Waals surface area (Å²) in [7, 11) is 2.73. The van der Waals surface area contributed by atoms with E-state index in [2.05, 4.69) is 0 Å². The third kappa shape index (κ3) is 5.71. The van der Waals surface area contributed by atoms with Gasteiger partial charge in [-0.15, -0.1) is 5.06 Å². The van der Waals surface area contributed by atoms with Crippen LogP contribution in [-0.2, 0) is 33.4 Å². The van der Waals surface area contributed by atoms with Crippen molar-refractivity contribution in [1.82, 2.24) is 5.06 Å². The summed E-state index contributed by atoms with van der Waals surface area (Å²) >= 11 is 0. The minimum atomic E-state index is -1.54. The maximum absolute atomic E-state index is 13.2. The zero-order valence-electron chi connectivity index (χ0n) is 18.8.